The molecule has 2 aromatic heterocycles. The second kappa shape index (κ2) is 30.2. The van der Waals surface area contributed by atoms with Crippen molar-refractivity contribution in [3.05, 3.63) is 65.7 Å². The number of carboxylic acid groups (broad SMARTS) is 1. The van der Waals surface area contributed by atoms with Crippen LogP contribution in [-0.2, 0) is 28.6 Å². The number of nitrogens with one attached hydrogen (secondary N) is 3. The fourth-order valence-electron chi connectivity index (χ4n) is 6.30. The van der Waals surface area contributed by atoms with Gasteiger partial charge in [0.2, 0.25) is 5.91 Å². The molecule has 31 heteroatoms. The zero-order chi connectivity index (χ0) is 53.9. The maximum absolute atomic E-state index is 11.6. The minimum Gasteiger partial charge on any atom is -0.480 e. The van der Waals surface area contributed by atoms with E-state index < -0.39 is 158 Å². The monoisotopic (exact) mass is 1020 g/mol. The van der Waals surface area contributed by atoms with Gasteiger partial charge in [0.1, 0.15) is 85.5 Å². The molecular formula is C39H66N6O25. The van der Waals surface area contributed by atoms with Crippen molar-refractivity contribution in [1.29, 1.82) is 0 Å². The predicted molar refractivity (Wildman–Crippen MR) is 232 cm³/mol. The standard InChI is InChI=1S/C10H14N2O5.C9H12N2O6.C8H15NO6.C6H13NO2.C6H12O6/c1-5-3-12(10(16)11-9(5)15)8-2-6(14)7(4-13)17-8;12-3-4-6(14)7(15)8(17-4)11-2-1-5(13)10-9(11)16;1-3(11)9-5-7(13)6(12)4(2-10)15-8(5)14;1-4(2)3-5(7)6(8)9;7-1-3(9)5(11)6(12)4(10)2-8/h3,6-8,13-14H,2,4H2,1H3,(H,11,15,16);1-2,4,6-8,12,14-15H,3H2,(H,10,13,16);4-8,10,12-14H,2H2,1H3,(H,9,11);4-5H,3,7H2,1-2H3,(H,8,9);1,3-6,8-12H,2H2/t6-,7+,8+;4-,6-,7-,8-;4-,5-,6-,7-,8?;;/m011../s1. The van der Waals surface area contributed by atoms with E-state index in [1.165, 1.54) is 17.7 Å². The molecule has 70 heavy (non-hydrogen) atoms. The number of aldehydes is 1. The van der Waals surface area contributed by atoms with Crippen molar-refractivity contribution in [2.24, 2.45) is 11.7 Å². The van der Waals surface area contributed by atoms with E-state index in [0.29, 0.717) is 17.9 Å². The van der Waals surface area contributed by atoms with Crippen LogP contribution in [0.4, 0.5) is 0 Å². The van der Waals surface area contributed by atoms with E-state index in [9.17, 15) is 64.2 Å². The van der Waals surface area contributed by atoms with Crippen molar-refractivity contribution in [3.8, 4) is 0 Å². The van der Waals surface area contributed by atoms with E-state index in [2.05, 4.69) is 10.3 Å². The number of carbonyl (C=O) groups is 3. The van der Waals surface area contributed by atoms with Gasteiger partial charge in [-0.3, -0.25) is 38.3 Å². The van der Waals surface area contributed by atoms with Crippen molar-refractivity contribution in [3.63, 3.8) is 0 Å². The fraction of sp³-hybridized carbons (Fsp3) is 0.718. The lowest BCUT2D eigenvalue weighted by molar-refractivity contribution is -0.253. The van der Waals surface area contributed by atoms with E-state index >= 15 is 0 Å². The third-order valence-corrected chi connectivity index (χ3v) is 10.2. The van der Waals surface area contributed by atoms with Crippen LogP contribution in [0, 0.1) is 12.8 Å². The van der Waals surface area contributed by atoms with E-state index in [0.717, 1.165) is 16.8 Å². The van der Waals surface area contributed by atoms with Crippen LogP contribution in [0.25, 0.3) is 0 Å². The average molecular weight is 1020 g/mol. The highest BCUT2D eigenvalue weighted by Gasteiger charge is 2.45. The summed E-state index contributed by atoms with van der Waals surface area (Å²) in [4.78, 5) is 80.0. The maximum Gasteiger partial charge on any atom is 0.330 e. The number of nitrogens with two attached hydrogens (primary N) is 1. The summed E-state index contributed by atoms with van der Waals surface area (Å²) >= 11 is 0. The number of H-pyrrole nitrogens is 2. The number of aryl methyl sites for hydroxylation is 1. The molecule has 2 aromatic rings. The molecular weight excluding hydrogens is 952 g/mol. The minimum absolute atomic E-state index is 0.0258. The SMILES string of the molecule is CC(=O)N[C@H]1C(O)O[C@H](CO)[C@@H](O)[C@@H]1O.CC(C)CC(N)C(=O)O.Cc1cn([C@H]2C[C@H](O)[C@@H](CO)O2)c(=O)[nH]c1=O.O=CC(O)C(O)C(O)C(O)CO.O=c1ccn([C@@H]2O[C@H](CO)[C@@H](O)[C@H]2O)c(=O)[nH]1. The Morgan fingerprint density at radius 2 is 1.36 bits per heavy atom. The molecule has 0 radical (unpaired) electrons. The summed E-state index contributed by atoms with van der Waals surface area (Å²) in [6.45, 7) is 4.60. The number of nitrogens with zero attached hydrogens (tertiary/aromatic N) is 2. The number of hydrogen-bond donors (Lipinski definition) is 19. The highest BCUT2D eigenvalue weighted by Crippen LogP contribution is 2.28. The Morgan fingerprint density at radius 3 is 1.80 bits per heavy atom. The summed E-state index contributed by atoms with van der Waals surface area (Å²) in [7, 11) is 0. The first-order chi connectivity index (χ1) is 32.6. The molecule has 0 aromatic carbocycles. The fourth-order valence-corrected chi connectivity index (χ4v) is 6.30. The molecule has 20 N–H and O–H groups in total. The Balaban J connectivity index is 0.000000445. The molecule has 1 amide bonds. The molecule has 0 spiro atoms. The quantitative estimate of drug-likeness (QED) is 0.0781. The Hall–Kier alpha value is -4.75. The average Bonchev–Trinajstić information content (AvgIpc) is 3.83. The highest BCUT2D eigenvalue weighted by atomic mass is 16.6. The molecule has 5 rings (SSSR count). The van der Waals surface area contributed by atoms with E-state index in [1.807, 2.05) is 18.8 Å². The predicted octanol–water partition coefficient (Wildman–Crippen LogP) is -10.4. The van der Waals surface area contributed by atoms with Crippen molar-refractivity contribution in [2.75, 3.05) is 26.4 Å². The zero-order valence-corrected chi connectivity index (χ0v) is 38.2. The van der Waals surface area contributed by atoms with Crippen LogP contribution in [0.2, 0.25) is 0 Å². The Bertz CT molecular complexity index is 2140. The topological polar surface area (TPSA) is 530 Å². The second-order valence-electron chi connectivity index (χ2n) is 16.2. The molecule has 3 saturated heterocycles. The summed E-state index contributed by atoms with van der Waals surface area (Å²) in [5.74, 6) is -1.02. The number of aliphatic carboxylic acids is 1. The van der Waals surface area contributed by atoms with Gasteiger partial charge in [0.05, 0.1) is 32.5 Å². The van der Waals surface area contributed by atoms with Crippen molar-refractivity contribution >= 4 is 18.2 Å². The normalized spacial score (nSPS) is 29.1. The van der Waals surface area contributed by atoms with Gasteiger partial charge >= 0.3 is 17.3 Å². The Morgan fingerprint density at radius 1 is 0.814 bits per heavy atom. The summed E-state index contributed by atoms with van der Waals surface area (Å²) in [6.07, 6.45) is -15.7. The lowest BCUT2D eigenvalue weighted by atomic mass is 9.97. The minimum atomic E-state index is -1.79. The molecule has 3 fully saturated rings. The van der Waals surface area contributed by atoms with Crippen molar-refractivity contribution < 1.29 is 105 Å². The molecule has 31 nitrogen and oxygen atoms in total. The first-order valence-electron chi connectivity index (χ1n) is 21.2. The Kier molecular flexibility index (Phi) is 27.3. The van der Waals surface area contributed by atoms with Gasteiger partial charge < -0.3 is 107 Å². The van der Waals surface area contributed by atoms with Crippen molar-refractivity contribution in [2.45, 2.75) is 145 Å². The van der Waals surface area contributed by atoms with Gasteiger partial charge in [-0.25, -0.2) is 9.59 Å². The number of rotatable bonds is 14. The van der Waals surface area contributed by atoms with Crippen LogP contribution in [0.1, 0.15) is 51.6 Å². The molecule has 5 heterocycles. The summed E-state index contributed by atoms with van der Waals surface area (Å²) in [5, 5.41) is 138. The molecule has 0 aliphatic carbocycles. The number of ether oxygens (including phenoxy) is 3. The number of aliphatic hydroxyl groups is 14. The summed E-state index contributed by atoms with van der Waals surface area (Å²) in [5.41, 5.74) is 3.25. The molecule has 3 aliphatic heterocycles. The lowest BCUT2D eigenvalue weighted by Crippen LogP contribution is -2.63. The lowest BCUT2D eigenvalue weighted by Gasteiger charge is -2.40. The van der Waals surface area contributed by atoms with Crippen LogP contribution in [0.5, 0.6) is 0 Å². The molecule has 0 bridgehead atoms. The number of aromatic nitrogens is 4. The third kappa shape index (κ3) is 18.8. The highest BCUT2D eigenvalue weighted by molar-refractivity contribution is 5.73. The van der Waals surface area contributed by atoms with E-state index in [-0.39, 0.29) is 19.3 Å². The van der Waals surface area contributed by atoms with Gasteiger partial charge in [-0.1, -0.05) is 13.8 Å². The van der Waals surface area contributed by atoms with Gasteiger partial charge in [0.25, 0.3) is 11.1 Å². The van der Waals surface area contributed by atoms with E-state index in [1.54, 1.807) is 6.92 Å². The van der Waals surface area contributed by atoms with Crippen LogP contribution in [0.15, 0.2) is 37.6 Å². The second-order valence-corrected chi connectivity index (χ2v) is 16.2. The molecule has 3 aliphatic rings. The van der Waals surface area contributed by atoms with Gasteiger partial charge in [0.15, 0.2) is 18.8 Å². The number of carbonyl (C=O) groups excluding carboxylic acids is 2. The van der Waals surface area contributed by atoms with Gasteiger partial charge in [-0.2, -0.15) is 0 Å². The summed E-state index contributed by atoms with van der Waals surface area (Å²) in [6, 6.07) is -0.693. The number of aromatic amines is 2. The van der Waals surface area contributed by atoms with Gasteiger partial charge in [-0.15, -0.1) is 0 Å². The molecule has 402 valence electrons. The first-order valence-corrected chi connectivity index (χ1v) is 21.2. The zero-order valence-electron chi connectivity index (χ0n) is 38.2. The smallest absolute Gasteiger partial charge is 0.330 e. The number of carboxylic acids is 1. The van der Waals surface area contributed by atoms with Gasteiger partial charge in [-0.05, 0) is 19.3 Å². The number of aliphatic hydroxyl groups excluding tert-OH is 14. The molecule has 6 unspecified atom stereocenters. The molecule has 0 saturated carbocycles. The maximum atomic E-state index is 11.6. The van der Waals surface area contributed by atoms with Crippen molar-refractivity contribution in [1.82, 2.24) is 24.4 Å². The van der Waals surface area contributed by atoms with Crippen LogP contribution in [0.3, 0.4) is 0 Å². The number of amides is 1. The Labute approximate surface area is 395 Å². The van der Waals surface area contributed by atoms with Crippen LogP contribution < -0.4 is 33.5 Å². The van der Waals surface area contributed by atoms with Gasteiger partial charge in [0, 0.05) is 37.4 Å². The van der Waals surface area contributed by atoms with Crippen LogP contribution in [-0.4, -0.2) is 232 Å². The molecule has 17 atom stereocenters. The van der Waals surface area contributed by atoms with E-state index in [4.69, 9.17) is 65.9 Å². The number of hydrogen-bond acceptors (Lipinski definition) is 25. The summed E-state index contributed by atoms with van der Waals surface area (Å²) < 4.78 is 17.4. The third-order valence-electron chi connectivity index (χ3n) is 10.2. The first kappa shape index (κ1) is 63.3. The largest absolute Gasteiger partial charge is 0.480 e. The van der Waals surface area contributed by atoms with Crippen LogP contribution >= 0.6 is 0 Å².